The fourth-order valence-electron chi connectivity index (χ4n) is 2.56. The van der Waals surface area contributed by atoms with Crippen LogP contribution in [0.3, 0.4) is 0 Å². The summed E-state index contributed by atoms with van der Waals surface area (Å²) in [5, 5.41) is 3.41. The van der Waals surface area contributed by atoms with E-state index in [0.29, 0.717) is 0 Å². The predicted octanol–water partition coefficient (Wildman–Crippen LogP) is 3.62. The highest BCUT2D eigenvalue weighted by atomic mass is 16.5. The molecule has 2 heteroatoms. The number of ether oxygens (including phenoxy) is 1. The molecule has 1 unspecified atom stereocenters. The second-order valence-electron chi connectivity index (χ2n) is 4.80. The maximum absolute atomic E-state index is 5.22. The van der Waals surface area contributed by atoms with Crippen LogP contribution < -0.4 is 10.1 Å². The van der Waals surface area contributed by atoms with Crippen LogP contribution in [0.4, 0.5) is 0 Å². The van der Waals surface area contributed by atoms with Crippen molar-refractivity contribution in [3.05, 3.63) is 64.7 Å². The Labute approximate surface area is 115 Å². The zero-order valence-electron chi connectivity index (χ0n) is 12.0. The monoisotopic (exact) mass is 255 g/mol. The maximum atomic E-state index is 5.22. The molecular formula is C17H21NO. The summed E-state index contributed by atoms with van der Waals surface area (Å²) in [5.41, 5.74) is 5.24. The Morgan fingerprint density at radius 3 is 2.00 bits per heavy atom. The maximum Gasteiger partial charge on any atom is 0.118 e. The van der Waals surface area contributed by atoms with E-state index in [2.05, 4.69) is 49.5 Å². The van der Waals surface area contributed by atoms with Gasteiger partial charge in [-0.2, -0.15) is 0 Å². The quantitative estimate of drug-likeness (QED) is 0.901. The van der Waals surface area contributed by atoms with Gasteiger partial charge in [-0.05, 0) is 55.3 Å². The molecule has 1 atom stereocenters. The van der Waals surface area contributed by atoms with Gasteiger partial charge in [-0.15, -0.1) is 0 Å². The average Bonchev–Trinajstić information content (AvgIpc) is 2.43. The van der Waals surface area contributed by atoms with E-state index in [0.717, 1.165) is 5.75 Å². The number of nitrogens with one attached hydrogen (secondary N) is 1. The van der Waals surface area contributed by atoms with Gasteiger partial charge < -0.3 is 10.1 Å². The minimum absolute atomic E-state index is 0.215. The smallest absolute Gasteiger partial charge is 0.118 e. The molecule has 0 saturated heterocycles. The molecule has 0 fully saturated rings. The molecule has 0 aromatic heterocycles. The molecule has 2 rings (SSSR count). The molecule has 0 amide bonds. The predicted molar refractivity (Wildman–Crippen MR) is 79.8 cm³/mol. The second kappa shape index (κ2) is 5.89. The highest BCUT2D eigenvalue weighted by Gasteiger charge is 2.16. The van der Waals surface area contributed by atoms with E-state index in [-0.39, 0.29) is 6.04 Å². The lowest BCUT2D eigenvalue weighted by Crippen LogP contribution is -2.19. The molecule has 1 N–H and O–H groups in total. The van der Waals surface area contributed by atoms with Crippen LogP contribution in [-0.2, 0) is 0 Å². The number of benzene rings is 2. The Morgan fingerprint density at radius 1 is 0.947 bits per heavy atom. The Bertz CT molecular complexity index is 525. The lowest BCUT2D eigenvalue weighted by atomic mass is 9.91. The minimum Gasteiger partial charge on any atom is -0.497 e. The summed E-state index contributed by atoms with van der Waals surface area (Å²) in [6, 6.07) is 14.9. The molecule has 0 bridgehead atoms. The van der Waals surface area contributed by atoms with Gasteiger partial charge in [-0.1, -0.05) is 30.3 Å². The van der Waals surface area contributed by atoms with E-state index < -0.39 is 0 Å². The van der Waals surface area contributed by atoms with Crippen molar-refractivity contribution in [1.82, 2.24) is 5.32 Å². The van der Waals surface area contributed by atoms with Crippen molar-refractivity contribution < 1.29 is 4.74 Å². The normalized spacial score (nSPS) is 12.2. The lowest BCUT2D eigenvalue weighted by Gasteiger charge is -2.22. The number of hydrogen-bond acceptors (Lipinski definition) is 2. The Balaban J connectivity index is 2.44. The van der Waals surface area contributed by atoms with Crippen LogP contribution in [0, 0.1) is 13.8 Å². The molecule has 19 heavy (non-hydrogen) atoms. The fraction of sp³-hybridized carbons (Fsp3) is 0.294. The third kappa shape index (κ3) is 2.79. The fourth-order valence-corrected chi connectivity index (χ4v) is 2.56. The van der Waals surface area contributed by atoms with Gasteiger partial charge in [-0.25, -0.2) is 0 Å². The van der Waals surface area contributed by atoms with Gasteiger partial charge in [0.2, 0.25) is 0 Å². The van der Waals surface area contributed by atoms with E-state index in [1.165, 1.54) is 22.3 Å². The SMILES string of the molecule is CNC(c1ccc(OC)cc1)c1c(C)cccc1C. The van der Waals surface area contributed by atoms with E-state index in [1.807, 2.05) is 19.2 Å². The third-order valence-corrected chi connectivity index (χ3v) is 3.57. The second-order valence-corrected chi connectivity index (χ2v) is 4.80. The molecular weight excluding hydrogens is 234 g/mol. The zero-order valence-corrected chi connectivity index (χ0v) is 12.0. The highest BCUT2D eigenvalue weighted by molar-refractivity contribution is 5.43. The Kier molecular flexibility index (Phi) is 4.23. The molecule has 0 aliphatic heterocycles. The van der Waals surface area contributed by atoms with Crippen LogP contribution in [0.5, 0.6) is 5.75 Å². The first-order chi connectivity index (χ1) is 9.17. The molecule has 0 spiro atoms. The first-order valence-electron chi connectivity index (χ1n) is 6.54. The summed E-state index contributed by atoms with van der Waals surface area (Å²) in [4.78, 5) is 0. The van der Waals surface area contributed by atoms with Crippen LogP contribution >= 0.6 is 0 Å². The van der Waals surface area contributed by atoms with Gasteiger partial charge in [0, 0.05) is 0 Å². The standard InChI is InChI=1S/C17H21NO/c1-12-6-5-7-13(2)16(12)17(18-3)14-8-10-15(19-4)11-9-14/h5-11,17-18H,1-4H3. The van der Waals surface area contributed by atoms with Gasteiger partial charge >= 0.3 is 0 Å². The molecule has 0 heterocycles. The Hall–Kier alpha value is -1.80. The van der Waals surface area contributed by atoms with Crippen molar-refractivity contribution in [2.75, 3.05) is 14.2 Å². The first-order valence-corrected chi connectivity index (χ1v) is 6.54. The van der Waals surface area contributed by atoms with Gasteiger partial charge in [-0.3, -0.25) is 0 Å². The molecule has 0 aliphatic rings. The van der Waals surface area contributed by atoms with Gasteiger partial charge in [0.15, 0.2) is 0 Å². The van der Waals surface area contributed by atoms with Crippen LogP contribution in [0.25, 0.3) is 0 Å². The highest BCUT2D eigenvalue weighted by Crippen LogP contribution is 2.28. The lowest BCUT2D eigenvalue weighted by molar-refractivity contribution is 0.414. The largest absolute Gasteiger partial charge is 0.497 e. The summed E-state index contributed by atoms with van der Waals surface area (Å²) in [6.07, 6.45) is 0. The van der Waals surface area contributed by atoms with Crippen molar-refractivity contribution in [2.24, 2.45) is 0 Å². The van der Waals surface area contributed by atoms with Crippen molar-refractivity contribution >= 4 is 0 Å². The molecule has 2 nitrogen and oxygen atoms in total. The number of hydrogen-bond donors (Lipinski definition) is 1. The van der Waals surface area contributed by atoms with Crippen LogP contribution in [0.15, 0.2) is 42.5 Å². The summed E-state index contributed by atoms with van der Waals surface area (Å²) in [5.74, 6) is 0.889. The zero-order chi connectivity index (χ0) is 13.8. The Morgan fingerprint density at radius 2 is 1.53 bits per heavy atom. The number of methoxy groups -OCH3 is 1. The van der Waals surface area contributed by atoms with Crippen molar-refractivity contribution in [3.63, 3.8) is 0 Å². The van der Waals surface area contributed by atoms with Crippen LogP contribution in [0.1, 0.15) is 28.3 Å². The molecule has 2 aromatic rings. The molecule has 0 saturated carbocycles. The number of aryl methyl sites for hydroxylation is 2. The average molecular weight is 255 g/mol. The van der Waals surface area contributed by atoms with Crippen LogP contribution in [-0.4, -0.2) is 14.2 Å². The van der Waals surface area contributed by atoms with Crippen molar-refractivity contribution in [3.8, 4) is 5.75 Å². The van der Waals surface area contributed by atoms with Crippen LogP contribution in [0.2, 0.25) is 0 Å². The van der Waals surface area contributed by atoms with Gasteiger partial charge in [0.1, 0.15) is 5.75 Å². The molecule has 0 aliphatic carbocycles. The summed E-state index contributed by atoms with van der Waals surface area (Å²) >= 11 is 0. The summed E-state index contributed by atoms with van der Waals surface area (Å²) in [6.45, 7) is 4.33. The topological polar surface area (TPSA) is 21.3 Å². The molecule has 2 aromatic carbocycles. The van der Waals surface area contributed by atoms with Crippen molar-refractivity contribution in [2.45, 2.75) is 19.9 Å². The van der Waals surface area contributed by atoms with E-state index >= 15 is 0 Å². The molecule has 100 valence electrons. The summed E-state index contributed by atoms with van der Waals surface area (Å²) < 4.78 is 5.22. The molecule has 0 radical (unpaired) electrons. The van der Waals surface area contributed by atoms with E-state index in [9.17, 15) is 0 Å². The van der Waals surface area contributed by atoms with Gasteiger partial charge in [0.05, 0.1) is 13.2 Å². The first kappa shape index (κ1) is 13.6. The third-order valence-electron chi connectivity index (χ3n) is 3.57. The van der Waals surface area contributed by atoms with E-state index in [4.69, 9.17) is 4.74 Å². The number of rotatable bonds is 4. The van der Waals surface area contributed by atoms with Crippen molar-refractivity contribution in [1.29, 1.82) is 0 Å². The minimum atomic E-state index is 0.215. The summed E-state index contributed by atoms with van der Waals surface area (Å²) in [7, 11) is 3.69. The van der Waals surface area contributed by atoms with Gasteiger partial charge in [0.25, 0.3) is 0 Å². The van der Waals surface area contributed by atoms with E-state index in [1.54, 1.807) is 7.11 Å².